The van der Waals surface area contributed by atoms with Gasteiger partial charge in [-0.3, -0.25) is 14.4 Å². The second kappa shape index (κ2) is 14.5. The lowest BCUT2D eigenvalue weighted by atomic mass is 9.83. The quantitative estimate of drug-likeness (QED) is 0.397. The van der Waals surface area contributed by atoms with Crippen molar-refractivity contribution in [2.75, 3.05) is 23.7 Å². The normalized spacial score (nSPS) is 16.8. The lowest BCUT2D eigenvalue weighted by Gasteiger charge is -2.36. The predicted octanol–water partition coefficient (Wildman–Crippen LogP) is 6.01. The minimum Gasteiger partial charge on any atom is -0.333 e. The van der Waals surface area contributed by atoms with Crippen LogP contribution < -0.4 is 10.6 Å². The number of benzene rings is 2. The van der Waals surface area contributed by atoms with Crippen LogP contribution in [-0.4, -0.2) is 40.7 Å². The summed E-state index contributed by atoms with van der Waals surface area (Å²) in [6.45, 7) is 8.54. The number of halogens is 2. The summed E-state index contributed by atoms with van der Waals surface area (Å²) in [6, 6.07) is 16.2. The van der Waals surface area contributed by atoms with Gasteiger partial charge in [0.1, 0.15) is 5.82 Å². The van der Waals surface area contributed by atoms with Crippen molar-refractivity contribution >= 4 is 29.2 Å². The Kier molecular flexibility index (Phi) is 11.1. The Bertz CT molecular complexity index is 1330. The summed E-state index contributed by atoms with van der Waals surface area (Å²) in [4.78, 5) is 43.4. The summed E-state index contributed by atoms with van der Waals surface area (Å²) >= 11 is 0. The predicted molar refractivity (Wildman–Crippen MR) is 156 cm³/mol. The molecule has 7 nitrogen and oxygen atoms in total. The number of nitrogens with zero attached hydrogens (tertiary/aromatic N) is 2. The van der Waals surface area contributed by atoms with Crippen LogP contribution in [0.25, 0.3) is 0 Å². The third-order valence-corrected chi connectivity index (χ3v) is 6.96. The van der Waals surface area contributed by atoms with E-state index in [0.29, 0.717) is 30.9 Å². The van der Waals surface area contributed by atoms with E-state index in [-0.39, 0.29) is 30.2 Å². The fraction of sp³-hybridized carbons (Fsp3) is 0.375. The molecule has 3 amide bonds. The third kappa shape index (κ3) is 8.67. The number of carbonyl (C=O) groups excluding carboxylic acids is 3. The molecule has 1 aliphatic carbocycles. The number of aromatic nitrogens is 1. The molecule has 1 fully saturated rings. The molecule has 1 atom stereocenters. The standard InChI is InChI=1S/C24H28N4O3.C6H4F2.C2H6/c1-24(2)9-5-11-28(23(24)31)15-21(29)26-19-8-7-16-12-18(13-17(16)14-19)22(30)27-20-6-3-4-10-25-20;7-5-3-1-2-4-6(5)8;1-2/h3-4,6-8,10,14,18H,5,9,11-13,15H2,1-2H3,(H,26,29)(H,25,27,30);1-4H;1-2H3. The molecule has 2 N–H and O–H groups in total. The second-order valence-electron chi connectivity index (χ2n) is 10.5. The third-order valence-electron chi connectivity index (χ3n) is 6.96. The molecular weight excluding hydrogens is 526 g/mol. The van der Waals surface area contributed by atoms with Gasteiger partial charge in [0.05, 0.1) is 6.54 Å². The Hall–Kier alpha value is -4.14. The Labute approximate surface area is 240 Å². The van der Waals surface area contributed by atoms with Gasteiger partial charge in [0, 0.05) is 29.8 Å². The first-order valence-corrected chi connectivity index (χ1v) is 14.0. The molecule has 218 valence electrons. The smallest absolute Gasteiger partial charge is 0.243 e. The molecule has 1 aromatic heterocycles. The number of nitrogens with one attached hydrogen (secondary N) is 2. The summed E-state index contributed by atoms with van der Waals surface area (Å²) in [5.74, 6) is -1.42. The molecule has 0 spiro atoms. The molecule has 5 rings (SSSR count). The molecule has 1 unspecified atom stereocenters. The van der Waals surface area contributed by atoms with Gasteiger partial charge in [0.15, 0.2) is 11.6 Å². The highest BCUT2D eigenvalue weighted by molar-refractivity contribution is 5.96. The molecule has 41 heavy (non-hydrogen) atoms. The molecule has 0 radical (unpaired) electrons. The maximum atomic E-state index is 12.6. The highest BCUT2D eigenvalue weighted by Crippen LogP contribution is 2.31. The summed E-state index contributed by atoms with van der Waals surface area (Å²) in [6.07, 6.45) is 4.69. The molecule has 2 aliphatic rings. The van der Waals surface area contributed by atoms with E-state index in [4.69, 9.17) is 0 Å². The van der Waals surface area contributed by atoms with Crippen LogP contribution in [0.5, 0.6) is 0 Å². The van der Waals surface area contributed by atoms with E-state index >= 15 is 0 Å². The number of anilines is 2. The lowest BCUT2D eigenvalue weighted by molar-refractivity contribution is -0.146. The number of carbonyl (C=O) groups is 3. The first kappa shape index (κ1) is 31.4. The minimum atomic E-state index is -0.799. The van der Waals surface area contributed by atoms with Crippen molar-refractivity contribution in [3.63, 3.8) is 0 Å². The van der Waals surface area contributed by atoms with Gasteiger partial charge in [-0.2, -0.15) is 0 Å². The van der Waals surface area contributed by atoms with Gasteiger partial charge in [-0.1, -0.05) is 52.0 Å². The highest BCUT2D eigenvalue weighted by Gasteiger charge is 2.36. The first-order chi connectivity index (χ1) is 19.6. The number of fused-ring (bicyclic) bond motifs is 1. The summed E-state index contributed by atoms with van der Waals surface area (Å²) < 4.78 is 23.9. The molecule has 0 saturated carbocycles. The molecular formula is C32H38F2N4O3. The van der Waals surface area contributed by atoms with Crippen LogP contribution in [0.2, 0.25) is 0 Å². The fourth-order valence-electron chi connectivity index (χ4n) is 4.86. The Morgan fingerprint density at radius 2 is 1.61 bits per heavy atom. The van der Waals surface area contributed by atoms with Crippen LogP contribution >= 0.6 is 0 Å². The summed E-state index contributed by atoms with van der Waals surface area (Å²) in [5.41, 5.74) is 2.47. The molecule has 2 aromatic carbocycles. The number of piperidine rings is 1. The number of likely N-dealkylation sites (tertiary alicyclic amines) is 1. The molecule has 1 saturated heterocycles. The van der Waals surface area contributed by atoms with Gasteiger partial charge in [-0.25, -0.2) is 13.8 Å². The zero-order valence-corrected chi connectivity index (χ0v) is 24.0. The number of amides is 3. The Morgan fingerprint density at radius 1 is 0.951 bits per heavy atom. The molecule has 1 aliphatic heterocycles. The van der Waals surface area contributed by atoms with Crippen LogP contribution in [0.3, 0.4) is 0 Å². The van der Waals surface area contributed by atoms with Crippen molar-refractivity contribution in [2.45, 2.75) is 53.4 Å². The maximum Gasteiger partial charge on any atom is 0.243 e. The SMILES string of the molecule is CC.CC1(C)CCCN(CC(=O)Nc2ccc3c(c2)CC(C(=O)Nc2ccccn2)C3)C1=O.Fc1ccccc1F. The van der Waals surface area contributed by atoms with E-state index in [2.05, 4.69) is 15.6 Å². The largest absolute Gasteiger partial charge is 0.333 e. The minimum absolute atomic E-state index is 0.0320. The molecule has 3 aromatic rings. The molecule has 0 bridgehead atoms. The Morgan fingerprint density at radius 3 is 2.24 bits per heavy atom. The topological polar surface area (TPSA) is 91.4 Å². The van der Waals surface area contributed by atoms with Crippen LogP contribution in [0.15, 0.2) is 66.9 Å². The van der Waals surface area contributed by atoms with Gasteiger partial charge in [-0.05, 0) is 73.2 Å². The van der Waals surface area contributed by atoms with E-state index in [0.717, 1.165) is 36.1 Å². The van der Waals surface area contributed by atoms with Gasteiger partial charge in [0.2, 0.25) is 17.7 Å². The highest BCUT2D eigenvalue weighted by atomic mass is 19.2. The number of hydrogen-bond donors (Lipinski definition) is 2. The first-order valence-electron chi connectivity index (χ1n) is 14.0. The molecule has 2 heterocycles. The zero-order valence-electron chi connectivity index (χ0n) is 24.0. The maximum absolute atomic E-state index is 12.6. The van der Waals surface area contributed by atoms with E-state index in [9.17, 15) is 23.2 Å². The monoisotopic (exact) mass is 564 g/mol. The van der Waals surface area contributed by atoms with Crippen molar-refractivity contribution in [3.05, 3.63) is 89.6 Å². The van der Waals surface area contributed by atoms with E-state index in [1.807, 2.05) is 52.0 Å². The van der Waals surface area contributed by atoms with Gasteiger partial charge in [0.25, 0.3) is 0 Å². The summed E-state index contributed by atoms with van der Waals surface area (Å²) in [7, 11) is 0. The number of pyridine rings is 1. The average molecular weight is 565 g/mol. The van der Waals surface area contributed by atoms with Crippen molar-refractivity contribution in [1.29, 1.82) is 0 Å². The fourth-order valence-corrected chi connectivity index (χ4v) is 4.86. The number of rotatable bonds is 5. The van der Waals surface area contributed by atoms with Crippen LogP contribution in [-0.2, 0) is 27.2 Å². The van der Waals surface area contributed by atoms with E-state index in [1.165, 1.54) is 12.1 Å². The number of hydrogen-bond acceptors (Lipinski definition) is 4. The van der Waals surface area contributed by atoms with Crippen molar-refractivity contribution < 1.29 is 23.2 Å². The second-order valence-corrected chi connectivity index (χ2v) is 10.5. The van der Waals surface area contributed by atoms with Gasteiger partial charge < -0.3 is 15.5 Å². The van der Waals surface area contributed by atoms with Crippen molar-refractivity contribution in [1.82, 2.24) is 9.88 Å². The van der Waals surface area contributed by atoms with E-state index in [1.54, 1.807) is 23.2 Å². The average Bonchev–Trinajstić information content (AvgIpc) is 3.39. The van der Waals surface area contributed by atoms with Gasteiger partial charge in [-0.15, -0.1) is 0 Å². The molecule has 9 heteroatoms. The summed E-state index contributed by atoms with van der Waals surface area (Å²) in [5, 5.41) is 5.77. The lowest BCUT2D eigenvalue weighted by Crippen LogP contribution is -2.48. The van der Waals surface area contributed by atoms with Crippen molar-refractivity contribution in [3.8, 4) is 0 Å². The van der Waals surface area contributed by atoms with Gasteiger partial charge >= 0.3 is 0 Å². The van der Waals surface area contributed by atoms with Crippen molar-refractivity contribution in [2.24, 2.45) is 11.3 Å². The van der Waals surface area contributed by atoms with Crippen LogP contribution in [0.4, 0.5) is 20.3 Å². The van der Waals surface area contributed by atoms with Crippen LogP contribution in [0.1, 0.15) is 51.7 Å². The van der Waals surface area contributed by atoms with Crippen LogP contribution in [0, 0.1) is 23.0 Å². The van der Waals surface area contributed by atoms with E-state index < -0.39 is 17.0 Å². The Balaban J connectivity index is 0.000000394. The zero-order chi connectivity index (χ0) is 30.0.